The molecule has 6 nitrogen and oxygen atoms in total. The molecule has 0 unspecified atom stereocenters. The predicted octanol–water partition coefficient (Wildman–Crippen LogP) is 4.28. The van der Waals surface area contributed by atoms with Gasteiger partial charge in [0, 0.05) is 23.7 Å². The number of fused-ring (bicyclic) bond motifs is 1. The molecule has 2 aromatic carbocycles. The standard InChI is InChI=1S/C24H22N4O2/c1-30-20-11-9-17(10-12-20)21-13-18-15-26-24(25-14-16-7-8-16)27-22(18)28(23(21)29)19-5-3-2-4-6-19/h2-6,9-13,15-16H,7-8,14H2,1H3,(H,25,26,27). The molecule has 30 heavy (non-hydrogen) atoms. The molecule has 0 atom stereocenters. The van der Waals surface area contributed by atoms with Crippen LogP contribution in [0.2, 0.25) is 0 Å². The van der Waals surface area contributed by atoms with Crippen LogP contribution in [0.1, 0.15) is 12.8 Å². The molecular weight excluding hydrogens is 376 g/mol. The quantitative estimate of drug-likeness (QED) is 0.525. The van der Waals surface area contributed by atoms with Crippen LogP contribution in [-0.4, -0.2) is 28.2 Å². The highest BCUT2D eigenvalue weighted by molar-refractivity contribution is 5.83. The summed E-state index contributed by atoms with van der Waals surface area (Å²) in [6.07, 6.45) is 4.28. The van der Waals surface area contributed by atoms with Gasteiger partial charge in [0.05, 0.1) is 12.8 Å². The van der Waals surface area contributed by atoms with E-state index in [0.29, 0.717) is 23.1 Å². The summed E-state index contributed by atoms with van der Waals surface area (Å²) in [6.45, 7) is 0.866. The lowest BCUT2D eigenvalue weighted by atomic mass is 10.1. The lowest BCUT2D eigenvalue weighted by molar-refractivity contribution is 0.415. The molecule has 0 radical (unpaired) electrons. The van der Waals surface area contributed by atoms with Gasteiger partial charge in [-0.25, -0.2) is 4.98 Å². The molecule has 1 fully saturated rings. The average Bonchev–Trinajstić information content (AvgIpc) is 3.62. The van der Waals surface area contributed by atoms with Crippen molar-refractivity contribution in [3.8, 4) is 22.6 Å². The van der Waals surface area contributed by atoms with Crippen molar-refractivity contribution in [1.82, 2.24) is 14.5 Å². The first-order chi connectivity index (χ1) is 14.7. The third kappa shape index (κ3) is 3.52. The van der Waals surface area contributed by atoms with Crippen LogP contribution in [0, 0.1) is 5.92 Å². The largest absolute Gasteiger partial charge is 0.497 e. The maximum Gasteiger partial charge on any atom is 0.264 e. The van der Waals surface area contributed by atoms with E-state index in [9.17, 15) is 4.79 Å². The number of pyridine rings is 1. The van der Waals surface area contributed by atoms with Crippen molar-refractivity contribution in [3.05, 3.63) is 77.2 Å². The van der Waals surface area contributed by atoms with Crippen LogP contribution >= 0.6 is 0 Å². The number of anilines is 1. The third-order valence-corrected chi connectivity index (χ3v) is 5.40. The van der Waals surface area contributed by atoms with Gasteiger partial charge in [-0.2, -0.15) is 4.98 Å². The van der Waals surface area contributed by atoms with Gasteiger partial charge in [-0.1, -0.05) is 30.3 Å². The number of aromatic nitrogens is 3. The fourth-order valence-corrected chi connectivity index (χ4v) is 3.53. The van der Waals surface area contributed by atoms with Gasteiger partial charge in [-0.3, -0.25) is 9.36 Å². The van der Waals surface area contributed by atoms with Crippen molar-refractivity contribution in [1.29, 1.82) is 0 Å². The Labute approximate surface area is 174 Å². The van der Waals surface area contributed by atoms with Gasteiger partial charge in [-0.15, -0.1) is 0 Å². The van der Waals surface area contributed by atoms with E-state index in [2.05, 4.69) is 10.3 Å². The summed E-state index contributed by atoms with van der Waals surface area (Å²) in [6, 6.07) is 19.0. The van der Waals surface area contributed by atoms with E-state index >= 15 is 0 Å². The highest BCUT2D eigenvalue weighted by atomic mass is 16.5. The Kier molecular flexibility index (Phi) is 4.67. The summed E-state index contributed by atoms with van der Waals surface area (Å²) < 4.78 is 6.91. The summed E-state index contributed by atoms with van der Waals surface area (Å²) >= 11 is 0. The topological polar surface area (TPSA) is 69.0 Å². The highest BCUT2D eigenvalue weighted by Gasteiger charge is 2.21. The highest BCUT2D eigenvalue weighted by Crippen LogP contribution is 2.29. The van der Waals surface area contributed by atoms with Crippen molar-refractivity contribution in [2.45, 2.75) is 12.8 Å². The normalized spacial score (nSPS) is 13.4. The molecule has 0 aliphatic heterocycles. The third-order valence-electron chi connectivity index (χ3n) is 5.40. The summed E-state index contributed by atoms with van der Waals surface area (Å²) in [7, 11) is 1.62. The number of ether oxygens (including phenoxy) is 1. The van der Waals surface area contributed by atoms with Crippen LogP contribution in [0.25, 0.3) is 27.8 Å². The second-order valence-electron chi connectivity index (χ2n) is 7.56. The maximum atomic E-state index is 13.6. The molecule has 0 spiro atoms. The van der Waals surface area contributed by atoms with Crippen molar-refractivity contribution in [2.75, 3.05) is 19.0 Å². The first-order valence-corrected chi connectivity index (χ1v) is 10.1. The van der Waals surface area contributed by atoms with Gasteiger partial charge in [0.2, 0.25) is 5.95 Å². The molecule has 1 aliphatic rings. The zero-order valence-corrected chi connectivity index (χ0v) is 16.7. The Balaban J connectivity index is 1.69. The van der Waals surface area contributed by atoms with Crippen LogP contribution in [0.5, 0.6) is 5.75 Å². The SMILES string of the molecule is COc1ccc(-c2cc3cnc(NCC4CC4)nc3n(-c3ccccc3)c2=O)cc1. The van der Waals surface area contributed by atoms with Crippen LogP contribution in [-0.2, 0) is 0 Å². The zero-order chi connectivity index (χ0) is 20.5. The number of nitrogens with one attached hydrogen (secondary N) is 1. The van der Waals surface area contributed by atoms with Crippen LogP contribution in [0.15, 0.2) is 71.7 Å². The van der Waals surface area contributed by atoms with Gasteiger partial charge < -0.3 is 10.1 Å². The lowest BCUT2D eigenvalue weighted by Crippen LogP contribution is -2.22. The van der Waals surface area contributed by atoms with Crippen LogP contribution < -0.4 is 15.6 Å². The fourth-order valence-electron chi connectivity index (χ4n) is 3.53. The maximum absolute atomic E-state index is 13.6. The molecule has 4 aromatic rings. The zero-order valence-electron chi connectivity index (χ0n) is 16.7. The number of benzene rings is 2. The van der Waals surface area contributed by atoms with Gasteiger partial charge in [0.15, 0.2) is 5.65 Å². The molecule has 2 aromatic heterocycles. The molecule has 5 rings (SSSR count). The average molecular weight is 398 g/mol. The number of para-hydroxylation sites is 1. The fraction of sp³-hybridized carbons (Fsp3) is 0.208. The van der Waals surface area contributed by atoms with Gasteiger partial charge >= 0.3 is 0 Å². The van der Waals surface area contributed by atoms with E-state index in [1.54, 1.807) is 17.9 Å². The lowest BCUT2D eigenvalue weighted by Gasteiger charge is -2.14. The van der Waals surface area contributed by atoms with Crippen LogP contribution in [0.4, 0.5) is 5.95 Å². The van der Waals surface area contributed by atoms with E-state index in [1.807, 2.05) is 60.7 Å². The summed E-state index contributed by atoms with van der Waals surface area (Å²) in [5.41, 5.74) is 2.66. The minimum Gasteiger partial charge on any atom is -0.497 e. The Morgan fingerprint density at radius 1 is 1.10 bits per heavy atom. The molecule has 1 aliphatic carbocycles. The van der Waals surface area contributed by atoms with E-state index in [4.69, 9.17) is 9.72 Å². The molecule has 0 bridgehead atoms. The molecule has 150 valence electrons. The van der Waals surface area contributed by atoms with Gasteiger partial charge in [-0.05, 0) is 54.7 Å². The minimum atomic E-state index is -0.120. The first kappa shape index (κ1) is 18.4. The van der Waals surface area contributed by atoms with Crippen molar-refractivity contribution in [2.24, 2.45) is 5.92 Å². The Morgan fingerprint density at radius 3 is 2.57 bits per heavy atom. The Morgan fingerprint density at radius 2 is 1.87 bits per heavy atom. The van der Waals surface area contributed by atoms with Gasteiger partial charge in [0.1, 0.15) is 5.75 Å². The smallest absolute Gasteiger partial charge is 0.264 e. The number of nitrogens with zero attached hydrogens (tertiary/aromatic N) is 3. The Hall–Kier alpha value is -3.67. The summed E-state index contributed by atoms with van der Waals surface area (Å²) in [5.74, 6) is 2.01. The Bertz CT molecular complexity index is 1250. The van der Waals surface area contributed by atoms with E-state index in [1.165, 1.54) is 12.8 Å². The second kappa shape index (κ2) is 7.63. The molecule has 1 saturated carbocycles. The number of rotatable bonds is 6. The van der Waals surface area contributed by atoms with Crippen molar-refractivity contribution >= 4 is 17.0 Å². The molecule has 6 heteroatoms. The second-order valence-corrected chi connectivity index (χ2v) is 7.56. The minimum absolute atomic E-state index is 0.120. The summed E-state index contributed by atoms with van der Waals surface area (Å²) in [4.78, 5) is 22.7. The van der Waals surface area contributed by atoms with E-state index in [-0.39, 0.29) is 5.56 Å². The first-order valence-electron chi connectivity index (χ1n) is 10.1. The van der Waals surface area contributed by atoms with Gasteiger partial charge in [0.25, 0.3) is 5.56 Å². The van der Waals surface area contributed by atoms with Crippen LogP contribution in [0.3, 0.4) is 0 Å². The van der Waals surface area contributed by atoms with Crippen molar-refractivity contribution < 1.29 is 4.74 Å². The molecule has 0 saturated heterocycles. The molecule has 0 amide bonds. The number of methoxy groups -OCH3 is 1. The molecular formula is C24H22N4O2. The molecule has 2 heterocycles. The number of hydrogen-bond acceptors (Lipinski definition) is 5. The predicted molar refractivity (Wildman–Crippen MR) is 118 cm³/mol. The number of hydrogen-bond donors (Lipinski definition) is 1. The molecule has 1 N–H and O–H groups in total. The monoisotopic (exact) mass is 398 g/mol. The van der Waals surface area contributed by atoms with E-state index < -0.39 is 0 Å². The van der Waals surface area contributed by atoms with E-state index in [0.717, 1.165) is 28.9 Å². The van der Waals surface area contributed by atoms with Crippen molar-refractivity contribution in [3.63, 3.8) is 0 Å². The summed E-state index contributed by atoms with van der Waals surface area (Å²) in [5, 5.41) is 4.11.